The Labute approximate surface area is 100.0 Å². The molecule has 2 fully saturated rings. The first-order valence-corrected chi connectivity index (χ1v) is 5.62. The molecule has 0 amide bonds. The van der Waals surface area contributed by atoms with E-state index in [1.54, 1.807) is 0 Å². The predicted octanol–water partition coefficient (Wildman–Crippen LogP) is 2.76. The number of halogens is 2. The van der Waals surface area contributed by atoms with Crippen LogP contribution in [0.2, 0.25) is 5.02 Å². The quantitative estimate of drug-likeness (QED) is 0.752. The molecule has 2 aliphatic heterocycles. The van der Waals surface area contributed by atoms with Gasteiger partial charge in [-0.2, -0.15) is 0 Å². The van der Waals surface area contributed by atoms with Gasteiger partial charge < -0.3 is 9.64 Å². The van der Waals surface area contributed by atoms with Gasteiger partial charge in [0.2, 0.25) is 0 Å². The molecule has 4 heteroatoms. The molecule has 0 aliphatic carbocycles. The summed E-state index contributed by atoms with van der Waals surface area (Å²) in [5.74, 6) is 0. The van der Waals surface area contributed by atoms with Gasteiger partial charge in [0.15, 0.2) is 0 Å². The molecule has 1 aromatic rings. The highest BCUT2D eigenvalue weighted by atomic mass is 35.5. The maximum Gasteiger partial charge on any atom is 0.0785 e. The summed E-state index contributed by atoms with van der Waals surface area (Å²) in [6.45, 7) is 4.04. The second-order valence-electron chi connectivity index (χ2n) is 4.30. The SMILES string of the molecule is CF.Clc1ccccc1N1CC2(COC2)C1. The first kappa shape index (κ1) is 11.7. The normalized spacial score (nSPS) is 20.6. The third kappa shape index (κ3) is 1.89. The number of rotatable bonds is 1. The summed E-state index contributed by atoms with van der Waals surface area (Å²) < 4.78 is 14.7. The number of nitrogens with zero attached hydrogens (tertiary/aromatic N) is 1. The summed E-state index contributed by atoms with van der Waals surface area (Å²) in [7, 11) is 0.500. The maximum absolute atomic E-state index is 9.50. The molecule has 0 radical (unpaired) electrons. The van der Waals surface area contributed by atoms with E-state index in [1.807, 2.05) is 18.2 Å². The van der Waals surface area contributed by atoms with Gasteiger partial charge >= 0.3 is 0 Å². The van der Waals surface area contributed by atoms with Crippen molar-refractivity contribution in [3.8, 4) is 0 Å². The molecular weight excluding hydrogens is 229 g/mol. The van der Waals surface area contributed by atoms with Gasteiger partial charge in [-0.1, -0.05) is 23.7 Å². The van der Waals surface area contributed by atoms with E-state index in [0.29, 0.717) is 12.6 Å². The van der Waals surface area contributed by atoms with Crippen LogP contribution >= 0.6 is 11.6 Å². The van der Waals surface area contributed by atoms with E-state index >= 15 is 0 Å². The number of alkyl halides is 1. The number of anilines is 1. The van der Waals surface area contributed by atoms with Crippen molar-refractivity contribution in [2.45, 2.75) is 0 Å². The second-order valence-corrected chi connectivity index (χ2v) is 4.71. The van der Waals surface area contributed by atoms with Crippen LogP contribution in [-0.4, -0.2) is 33.5 Å². The summed E-state index contributed by atoms with van der Waals surface area (Å²) in [6, 6.07) is 8.02. The Morgan fingerprint density at radius 2 is 1.88 bits per heavy atom. The Morgan fingerprint density at radius 1 is 1.25 bits per heavy atom. The largest absolute Gasteiger partial charge is 0.380 e. The highest BCUT2D eigenvalue weighted by molar-refractivity contribution is 6.33. The van der Waals surface area contributed by atoms with Crippen LogP contribution in [0.5, 0.6) is 0 Å². The van der Waals surface area contributed by atoms with Crippen molar-refractivity contribution in [3.05, 3.63) is 29.3 Å². The van der Waals surface area contributed by atoms with Crippen LogP contribution in [0.4, 0.5) is 10.1 Å². The molecule has 0 bridgehead atoms. The maximum atomic E-state index is 9.50. The van der Waals surface area contributed by atoms with Crippen molar-refractivity contribution in [1.82, 2.24) is 0 Å². The third-order valence-electron chi connectivity index (χ3n) is 3.06. The van der Waals surface area contributed by atoms with E-state index in [0.717, 1.165) is 37.0 Å². The fourth-order valence-corrected chi connectivity index (χ4v) is 2.47. The number of ether oxygens (including phenoxy) is 1. The highest BCUT2D eigenvalue weighted by Crippen LogP contribution is 2.41. The van der Waals surface area contributed by atoms with Crippen LogP contribution in [0.3, 0.4) is 0 Å². The fraction of sp³-hybridized carbons (Fsp3) is 0.500. The Morgan fingerprint density at radius 3 is 2.38 bits per heavy atom. The van der Waals surface area contributed by atoms with Gasteiger partial charge in [0, 0.05) is 13.1 Å². The van der Waals surface area contributed by atoms with E-state index in [4.69, 9.17) is 16.3 Å². The number of para-hydroxylation sites is 1. The minimum Gasteiger partial charge on any atom is -0.380 e. The topological polar surface area (TPSA) is 12.5 Å². The third-order valence-corrected chi connectivity index (χ3v) is 3.38. The Hall–Kier alpha value is -0.800. The summed E-state index contributed by atoms with van der Waals surface area (Å²) in [6.07, 6.45) is 0. The zero-order valence-electron chi connectivity index (χ0n) is 9.25. The molecule has 2 aliphatic rings. The molecule has 0 atom stereocenters. The average molecular weight is 244 g/mol. The van der Waals surface area contributed by atoms with Gasteiger partial charge in [-0.25, -0.2) is 0 Å². The first-order chi connectivity index (χ1) is 7.79. The van der Waals surface area contributed by atoms with Crippen molar-refractivity contribution in [1.29, 1.82) is 0 Å². The lowest BCUT2D eigenvalue weighted by Crippen LogP contribution is -2.66. The van der Waals surface area contributed by atoms with E-state index in [9.17, 15) is 4.39 Å². The minimum absolute atomic E-state index is 0.458. The average Bonchev–Trinajstić information content (AvgIpc) is 2.20. The molecule has 0 saturated carbocycles. The monoisotopic (exact) mass is 243 g/mol. The van der Waals surface area contributed by atoms with Gasteiger partial charge in [-0.15, -0.1) is 0 Å². The van der Waals surface area contributed by atoms with Crippen LogP contribution in [0, 0.1) is 5.41 Å². The summed E-state index contributed by atoms with van der Waals surface area (Å²) in [5.41, 5.74) is 1.62. The van der Waals surface area contributed by atoms with Crippen molar-refractivity contribution in [3.63, 3.8) is 0 Å². The minimum atomic E-state index is 0.458. The van der Waals surface area contributed by atoms with Crippen molar-refractivity contribution in [2.24, 2.45) is 5.41 Å². The van der Waals surface area contributed by atoms with Crippen LogP contribution < -0.4 is 4.90 Å². The molecule has 88 valence electrons. The highest BCUT2D eigenvalue weighted by Gasteiger charge is 2.49. The number of benzene rings is 1. The summed E-state index contributed by atoms with van der Waals surface area (Å²) >= 11 is 6.11. The summed E-state index contributed by atoms with van der Waals surface area (Å²) in [5, 5.41) is 0.850. The van der Waals surface area contributed by atoms with Gasteiger partial charge in [-0.05, 0) is 12.1 Å². The first-order valence-electron chi connectivity index (χ1n) is 5.24. The van der Waals surface area contributed by atoms with Gasteiger partial charge in [-0.3, -0.25) is 4.39 Å². The molecule has 1 aromatic carbocycles. The predicted molar refractivity (Wildman–Crippen MR) is 63.9 cm³/mol. The number of hydrogen-bond donors (Lipinski definition) is 0. The molecule has 1 spiro atoms. The molecule has 2 heterocycles. The van der Waals surface area contributed by atoms with E-state index in [2.05, 4.69) is 11.0 Å². The molecule has 16 heavy (non-hydrogen) atoms. The fourth-order valence-electron chi connectivity index (χ4n) is 2.22. The lowest BCUT2D eigenvalue weighted by Gasteiger charge is -2.56. The van der Waals surface area contributed by atoms with Crippen molar-refractivity contribution >= 4 is 17.3 Å². The zero-order valence-corrected chi connectivity index (χ0v) is 10.0. The Bertz CT molecular complexity index is 360. The lowest BCUT2D eigenvalue weighted by molar-refractivity contribution is -0.127. The van der Waals surface area contributed by atoms with Crippen LogP contribution in [-0.2, 0) is 4.74 Å². The standard InChI is InChI=1S/C11H12ClNO.CH3F/c12-9-3-1-2-4-10(9)13-5-11(6-13)7-14-8-11;1-2/h1-4H,5-8H2;1H3. The Kier molecular flexibility index (Phi) is 3.36. The van der Waals surface area contributed by atoms with Gasteiger partial charge in [0.25, 0.3) is 0 Å². The molecule has 0 unspecified atom stereocenters. The van der Waals surface area contributed by atoms with Crippen molar-refractivity contribution in [2.75, 3.05) is 38.4 Å². The van der Waals surface area contributed by atoms with E-state index in [1.165, 1.54) is 0 Å². The lowest BCUT2D eigenvalue weighted by atomic mass is 9.78. The molecule has 3 rings (SSSR count). The molecule has 2 saturated heterocycles. The number of hydrogen-bond acceptors (Lipinski definition) is 2. The van der Waals surface area contributed by atoms with Gasteiger partial charge in [0.1, 0.15) is 0 Å². The zero-order chi connectivity index (χ0) is 11.6. The Balaban J connectivity index is 0.000000457. The van der Waals surface area contributed by atoms with Crippen molar-refractivity contribution < 1.29 is 9.13 Å². The van der Waals surface area contributed by atoms with Crippen LogP contribution in [0.15, 0.2) is 24.3 Å². The van der Waals surface area contributed by atoms with Gasteiger partial charge in [0.05, 0.1) is 36.5 Å². The van der Waals surface area contributed by atoms with Crippen LogP contribution in [0.1, 0.15) is 0 Å². The van der Waals surface area contributed by atoms with Crippen LogP contribution in [0.25, 0.3) is 0 Å². The molecular formula is C12H15ClFNO. The van der Waals surface area contributed by atoms with E-state index < -0.39 is 0 Å². The second kappa shape index (κ2) is 4.60. The smallest absolute Gasteiger partial charge is 0.0785 e. The molecule has 2 nitrogen and oxygen atoms in total. The summed E-state index contributed by atoms with van der Waals surface area (Å²) in [4.78, 5) is 2.32. The molecule has 0 aromatic heterocycles. The van der Waals surface area contributed by atoms with E-state index in [-0.39, 0.29) is 0 Å². The molecule has 0 N–H and O–H groups in total.